The SMILES string of the molecule is OP(O)(=S)Oc1ccc(OC(F)F)cc1. The summed E-state index contributed by atoms with van der Waals surface area (Å²) in [5.74, 6) is 0.0199. The Hall–Kier alpha value is -0.750. The van der Waals surface area contributed by atoms with E-state index in [1.807, 2.05) is 0 Å². The van der Waals surface area contributed by atoms with Gasteiger partial charge in [0, 0.05) is 11.8 Å². The number of hydrogen-bond acceptors (Lipinski definition) is 3. The lowest BCUT2D eigenvalue weighted by Gasteiger charge is -2.10. The van der Waals surface area contributed by atoms with E-state index >= 15 is 0 Å². The Kier molecular flexibility index (Phi) is 3.98. The third kappa shape index (κ3) is 5.03. The minimum absolute atomic E-state index is 0.0541. The summed E-state index contributed by atoms with van der Waals surface area (Å²) in [6.07, 6.45) is 0. The third-order valence-electron chi connectivity index (χ3n) is 1.27. The number of benzene rings is 1. The minimum Gasteiger partial charge on any atom is -0.435 e. The highest BCUT2D eigenvalue weighted by molar-refractivity contribution is 8.06. The predicted octanol–water partition coefficient (Wildman–Crippen LogP) is 1.88. The van der Waals surface area contributed by atoms with Crippen molar-refractivity contribution in [1.29, 1.82) is 0 Å². The molecule has 0 aliphatic rings. The summed E-state index contributed by atoms with van der Waals surface area (Å²) in [5, 5.41) is 0. The molecular formula is C7H7F2O4PS. The zero-order valence-corrected chi connectivity index (χ0v) is 8.92. The van der Waals surface area contributed by atoms with E-state index < -0.39 is 13.3 Å². The zero-order chi connectivity index (χ0) is 11.5. The molecule has 0 amide bonds. The highest BCUT2D eigenvalue weighted by atomic mass is 32.5. The smallest absolute Gasteiger partial charge is 0.387 e. The van der Waals surface area contributed by atoms with Crippen LogP contribution in [0.3, 0.4) is 0 Å². The van der Waals surface area contributed by atoms with Gasteiger partial charge in [0.2, 0.25) is 0 Å². The van der Waals surface area contributed by atoms with E-state index in [1.54, 1.807) is 0 Å². The predicted molar refractivity (Wildman–Crippen MR) is 52.4 cm³/mol. The fraction of sp³-hybridized carbons (Fsp3) is 0.143. The molecule has 0 bridgehead atoms. The lowest BCUT2D eigenvalue weighted by Crippen LogP contribution is -2.01. The molecule has 0 aromatic heterocycles. The molecule has 2 N–H and O–H groups in total. The van der Waals surface area contributed by atoms with Crippen molar-refractivity contribution in [2.75, 3.05) is 0 Å². The summed E-state index contributed by atoms with van der Waals surface area (Å²) in [6.45, 7) is -6.69. The Morgan fingerprint density at radius 2 is 1.60 bits per heavy atom. The average molecular weight is 256 g/mol. The molecule has 84 valence electrons. The van der Waals surface area contributed by atoms with Gasteiger partial charge in [0.15, 0.2) is 0 Å². The number of hydrogen-bond donors (Lipinski definition) is 2. The van der Waals surface area contributed by atoms with Crippen molar-refractivity contribution in [2.45, 2.75) is 6.61 Å². The van der Waals surface area contributed by atoms with Crippen molar-refractivity contribution in [2.24, 2.45) is 0 Å². The van der Waals surface area contributed by atoms with Crippen molar-refractivity contribution in [3.05, 3.63) is 24.3 Å². The quantitative estimate of drug-likeness (QED) is 0.805. The second-order valence-electron chi connectivity index (χ2n) is 2.43. The standard InChI is InChI=1S/C7H7F2O4PS/c8-7(9)12-5-1-3-6(4-2-5)13-14(10,11)15/h1-4,7H,(H2,10,11,15). The summed E-state index contributed by atoms with van der Waals surface area (Å²) in [4.78, 5) is 17.6. The zero-order valence-electron chi connectivity index (χ0n) is 7.21. The molecule has 0 radical (unpaired) electrons. The monoisotopic (exact) mass is 256 g/mol. The van der Waals surface area contributed by atoms with E-state index in [2.05, 4.69) is 21.1 Å². The molecule has 1 rings (SSSR count). The highest BCUT2D eigenvalue weighted by Crippen LogP contribution is 2.38. The van der Waals surface area contributed by atoms with E-state index in [4.69, 9.17) is 9.79 Å². The minimum atomic E-state index is -3.79. The van der Waals surface area contributed by atoms with Gasteiger partial charge in [-0.25, -0.2) is 0 Å². The number of ether oxygens (including phenoxy) is 1. The van der Waals surface area contributed by atoms with Crippen molar-refractivity contribution >= 4 is 18.5 Å². The largest absolute Gasteiger partial charge is 0.435 e. The summed E-state index contributed by atoms with van der Waals surface area (Å²) in [6, 6.07) is 4.88. The maximum Gasteiger partial charge on any atom is 0.387 e. The second kappa shape index (κ2) is 4.85. The summed E-state index contributed by atoms with van der Waals surface area (Å²) < 4.78 is 32.1. The molecule has 0 aliphatic heterocycles. The van der Waals surface area contributed by atoms with Crippen molar-refractivity contribution < 1.29 is 27.8 Å². The lowest BCUT2D eigenvalue weighted by molar-refractivity contribution is -0.0498. The Morgan fingerprint density at radius 1 is 1.13 bits per heavy atom. The second-order valence-corrected chi connectivity index (χ2v) is 5.02. The number of alkyl halides is 2. The molecule has 8 heteroatoms. The van der Waals surface area contributed by atoms with Crippen LogP contribution in [-0.2, 0) is 11.8 Å². The first-order valence-electron chi connectivity index (χ1n) is 3.67. The van der Waals surface area contributed by atoms with E-state index in [0.717, 1.165) is 0 Å². The number of rotatable bonds is 4. The third-order valence-corrected chi connectivity index (χ3v) is 1.95. The number of halogens is 2. The maximum absolute atomic E-state index is 11.7. The van der Waals surface area contributed by atoms with Crippen molar-refractivity contribution in [3.8, 4) is 11.5 Å². The topological polar surface area (TPSA) is 58.9 Å². The first-order chi connectivity index (χ1) is 6.87. The van der Waals surface area contributed by atoms with Gasteiger partial charge in [-0.05, 0) is 24.3 Å². The highest BCUT2D eigenvalue weighted by Gasteiger charge is 2.10. The van der Waals surface area contributed by atoms with E-state index in [9.17, 15) is 8.78 Å². The van der Waals surface area contributed by atoms with Crippen LogP contribution in [0.5, 0.6) is 11.5 Å². The van der Waals surface area contributed by atoms with Crippen LogP contribution in [0.1, 0.15) is 0 Å². The fourth-order valence-corrected chi connectivity index (χ4v) is 1.47. The van der Waals surface area contributed by atoms with Gasteiger partial charge < -0.3 is 19.0 Å². The van der Waals surface area contributed by atoms with Gasteiger partial charge in [-0.15, -0.1) is 0 Å². The molecule has 1 aromatic rings. The average Bonchev–Trinajstić information content (AvgIpc) is 2.05. The van der Waals surface area contributed by atoms with Crippen LogP contribution in [0.2, 0.25) is 0 Å². The molecule has 4 nitrogen and oxygen atoms in total. The Bertz CT molecular complexity index is 364. The van der Waals surface area contributed by atoms with Crippen LogP contribution in [0.4, 0.5) is 8.78 Å². The van der Waals surface area contributed by atoms with Crippen LogP contribution in [0, 0.1) is 0 Å². The Labute approximate surface area is 89.3 Å². The normalized spacial score (nSPS) is 11.5. The van der Waals surface area contributed by atoms with Gasteiger partial charge in [-0.2, -0.15) is 8.78 Å². The molecular weight excluding hydrogens is 249 g/mol. The van der Waals surface area contributed by atoms with Gasteiger partial charge in [0.25, 0.3) is 0 Å². The fourth-order valence-electron chi connectivity index (χ4n) is 0.819. The van der Waals surface area contributed by atoms with Gasteiger partial charge in [-0.1, -0.05) is 0 Å². The molecule has 0 aliphatic carbocycles. The Morgan fingerprint density at radius 3 is 2.00 bits per heavy atom. The molecule has 0 fully saturated rings. The first kappa shape index (κ1) is 12.3. The van der Waals surface area contributed by atoms with Gasteiger partial charge in [-0.3, -0.25) is 0 Å². The maximum atomic E-state index is 11.7. The molecule has 0 saturated heterocycles. The molecule has 0 unspecified atom stereocenters. The van der Waals surface area contributed by atoms with Crippen molar-refractivity contribution in [3.63, 3.8) is 0 Å². The summed E-state index contributed by atoms with van der Waals surface area (Å²) in [7, 11) is 0. The molecule has 0 heterocycles. The van der Waals surface area contributed by atoms with Gasteiger partial charge >= 0.3 is 13.3 Å². The van der Waals surface area contributed by atoms with E-state index in [-0.39, 0.29) is 11.5 Å². The first-order valence-corrected chi connectivity index (χ1v) is 6.29. The van der Waals surface area contributed by atoms with Crippen LogP contribution in [0.25, 0.3) is 0 Å². The molecule has 0 atom stereocenters. The van der Waals surface area contributed by atoms with Gasteiger partial charge in [0.1, 0.15) is 11.5 Å². The Balaban J connectivity index is 2.68. The van der Waals surface area contributed by atoms with Crippen LogP contribution in [-0.4, -0.2) is 16.4 Å². The van der Waals surface area contributed by atoms with Crippen LogP contribution >= 0.6 is 6.72 Å². The molecule has 15 heavy (non-hydrogen) atoms. The summed E-state index contributed by atoms with van der Waals surface area (Å²) >= 11 is 4.22. The van der Waals surface area contributed by atoms with Crippen molar-refractivity contribution in [1.82, 2.24) is 0 Å². The van der Waals surface area contributed by atoms with Crippen LogP contribution < -0.4 is 9.26 Å². The van der Waals surface area contributed by atoms with E-state index in [0.29, 0.717) is 0 Å². The molecule has 1 aromatic carbocycles. The molecule has 0 saturated carbocycles. The van der Waals surface area contributed by atoms with Gasteiger partial charge in [0.05, 0.1) is 0 Å². The molecule has 0 spiro atoms. The van der Waals surface area contributed by atoms with E-state index in [1.165, 1.54) is 24.3 Å². The summed E-state index contributed by atoms with van der Waals surface area (Å²) in [5.41, 5.74) is 0. The lowest BCUT2D eigenvalue weighted by atomic mass is 10.3. The van der Waals surface area contributed by atoms with Crippen LogP contribution in [0.15, 0.2) is 24.3 Å².